The predicted molar refractivity (Wildman–Crippen MR) is 90.2 cm³/mol. The molecule has 0 unspecified atom stereocenters. The second kappa shape index (κ2) is 5.26. The summed E-state index contributed by atoms with van der Waals surface area (Å²) in [6.45, 7) is 8.71. The third-order valence-corrected chi connectivity index (χ3v) is 6.37. The number of likely N-dealkylation sites (tertiary alicyclic amines) is 1. The summed E-state index contributed by atoms with van der Waals surface area (Å²) in [7, 11) is 0. The molecule has 124 valence electrons. The highest BCUT2D eigenvalue weighted by Gasteiger charge is 2.56. The van der Waals surface area contributed by atoms with Gasteiger partial charge in [-0.05, 0) is 26.0 Å². The molecule has 1 amide bonds. The molecule has 0 saturated carbocycles. The standard InChI is InChI=1S/C17H22N2O3S/c1-16(2)9-19(17(16,3)4)15(22)13(21)12(20)14-18-10-7-5-6-8-11(10)23-14/h5-8,12-13,20-21H,9H2,1-4H3/t12-,13+/m0/s1. The molecule has 6 heteroatoms. The molecule has 3 rings (SSSR count). The van der Waals surface area contributed by atoms with Gasteiger partial charge in [0.2, 0.25) is 0 Å². The fourth-order valence-electron chi connectivity index (χ4n) is 2.86. The van der Waals surface area contributed by atoms with Gasteiger partial charge >= 0.3 is 0 Å². The number of fused-ring (bicyclic) bond motifs is 1. The Morgan fingerprint density at radius 2 is 1.91 bits per heavy atom. The zero-order valence-corrected chi connectivity index (χ0v) is 14.6. The largest absolute Gasteiger partial charge is 0.383 e. The van der Waals surface area contributed by atoms with Gasteiger partial charge in [0.1, 0.15) is 11.1 Å². The van der Waals surface area contributed by atoms with Gasteiger partial charge in [-0.2, -0.15) is 0 Å². The van der Waals surface area contributed by atoms with Crippen LogP contribution in [-0.2, 0) is 4.79 Å². The van der Waals surface area contributed by atoms with Gasteiger partial charge in [0.25, 0.3) is 5.91 Å². The van der Waals surface area contributed by atoms with Gasteiger partial charge in [0.05, 0.1) is 10.2 Å². The fraction of sp³-hybridized carbons (Fsp3) is 0.529. The molecule has 23 heavy (non-hydrogen) atoms. The molecular weight excluding hydrogens is 312 g/mol. The van der Waals surface area contributed by atoms with Crippen LogP contribution in [-0.4, -0.2) is 44.2 Å². The van der Waals surface area contributed by atoms with Gasteiger partial charge in [-0.1, -0.05) is 26.0 Å². The SMILES string of the molecule is CC1(C)CN(C(=O)[C@H](O)[C@H](O)c2nc3ccccc3s2)C1(C)C. The summed E-state index contributed by atoms with van der Waals surface area (Å²) in [5.41, 5.74) is 0.401. The van der Waals surface area contributed by atoms with Crippen molar-refractivity contribution in [2.45, 2.75) is 45.4 Å². The maximum Gasteiger partial charge on any atom is 0.255 e. The predicted octanol–water partition coefficient (Wildman–Crippen LogP) is 2.34. The summed E-state index contributed by atoms with van der Waals surface area (Å²) in [6.07, 6.45) is -2.80. The van der Waals surface area contributed by atoms with E-state index in [1.807, 2.05) is 38.1 Å². The van der Waals surface area contributed by atoms with Crippen molar-refractivity contribution in [3.63, 3.8) is 0 Å². The molecule has 0 aliphatic carbocycles. The van der Waals surface area contributed by atoms with Crippen LogP contribution in [0.1, 0.15) is 38.8 Å². The van der Waals surface area contributed by atoms with E-state index in [0.29, 0.717) is 11.6 Å². The van der Waals surface area contributed by atoms with Crippen LogP contribution in [0.2, 0.25) is 0 Å². The lowest BCUT2D eigenvalue weighted by Crippen LogP contribution is -2.72. The van der Waals surface area contributed by atoms with Gasteiger partial charge in [-0.25, -0.2) is 4.98 Å². The summed E-state index contributed by atoms with van der Waals surface area (Å²) >= 11 is 1.30. The number of amides is 1. The molecule has 1 aromatic heterocycles. The van der Waals surface area contributed by atoms with Crippen molar-refractivity contribution in [2.24, 2.45) is 5.41 Å². The van der Waals surface area contributed by atoms with Gasteiger partial charge in [-0.3, -0.25) is 4.79 Å². The van der Waals surface area contributed by atoms with Crippen molar-refractivity contribution in [3.8, 4) is 0 Å². The molecule has 1 fully saturated rings. The van der Waals surface area contributed by atoms with Crippen LogP contribution in [0.25, 0.3) is 10.2 Å². The minimum Gasteiger partial charge on any atom is -0.383 e. The lowest BCUT2D eigenvalue weighted by molar-refractivity contribution is -0.181. The molecule has 1 aliphatic rings. The Morgan fingerprint density at radius 3 is 2.48 bits per heavy atom. The first-order chi connectivity index (χ1) is 10.6. The molecule has 1 aromatic carbocycles. The van der Waals surface area contributed by atoms with E-state index in [9.17, 15) is 15.0 Å². The number of aliphatic hydroxyl groups is 2. The highest BCUT2D eigenvalue weighted by atomic mass is 32.1. The topological polar surface area (TPSA) is 73.7 Å². The van der Waals surface area contributed by atoms with Crippen LogP contribution in [0, 0.1) is 5.41 Å². The Balaban J connectivity index is 1.80. The van der Waals surface area contributed by atoms with E-state index >= 15 is 0 Å². The Bertz CT molecular complexity index is 720. The minimum atomic E-state index is -1.49. The lowest BCUT2D eigenvalue weighted by Gasteiger charge is -2.61. The molecule has 0 radical (unpaired) electrons. The zero-order valence-electron chi connectivity index (χ0n) is 13.8. The number of aromatic nitrogens is 1. The normalized spacial score (nSPS) is 21.7. The number of aliphatic hydroxyl groups excluding tert-OH is 2. The molecule has 0 bridgehead atoms. The third-order valence-electron chi connectivity index (χ3n) is 5.27. The summed E-state index contributed by atoms with van der Waals surface area (Å²) in [5.74, 6) is -0.443. The first-order valence-electron chi connectivity index (χ1n) is 7.68. The molecular formula is C17H22N2O3S. The molecule has 5 nitrogen and oxygen atoms in total. The highest BCUT2D eigenvalue weighted by molar-refractivity contribution is 7.18. The molecule has 2 N–H and O–H groups in total. The van der Waals surface area contributed by atoms with Crippen molar-refractivity contribution in [1.29, 1.82) is 0 Å². The lowest BCUT2D eigenvalue weighted by atomic mass is 9.65. The van der Waals surface area contributed by atoms with Crippen LogP contribution >= 0.6 is 11.3 Å². The number of hydrogen-bond acceptors (Lipinski definition) is 5. The van der Waals surface area contributed by atoms with E-state index < -0.39 is 18.1 Å². The number of rotatable bonds is 3. The monoisotopic (exact) mass is 334 g/mol. The third kappa shape index (κ3) is 2.45. The van der Waals surface area contributed by atoms with E-state index in [0.717, 1.165) is 10.2 Å². The number of benzene rings is 1. The van der Waals surface area contributed by atoms with Crippen molar-refractivity contribution in [3.05, 3.63) is 29.3 Å². The number of carbonyl (C=O) groups excluding carboxylic acids is 1. The molecule has 2 aromatic rings. The Hall–Kier alpha value is -1.50. The molecule has 0 spiro atoms. The average molecular weight is 334 g/mol. The number of carbonyl (C=O) groups is 1. The van der Waals surface area contributed by atoms with Crippen molar-refractivity contribution in [1.82, 2.24) is 9.88 Å². The van der Waals surface area contributed by atoms with E-state index in [4.69, 9.17) is 0 Å². The molecule has 2 atom stereocenters. The molecule has 1 aliphatic heterocycles. The number of para-hydroxylation sites is 1. The van der Waals surface area contributed by atoms with Crippen molar-refractivity contribution < 1.29 is 15.0 Å². The molecule has 2 heterocycles. The van der Waals surface area contributed by atoms with E-state index in [-0.39, 0.29) is 11.0 Å². The zero-order chi connectivity index (χ0) is 17.0. The summed E-state index contributed by atoms with van der Waals surface area (Å²) in [4.78, 5) is 18.5. The Morgan fingerprint density at radius 1 is 1.26 bits per heavy atom. The highest BCUT2D eigenvalue weighted by Crippen LogP contribution is 2.47. The van der Waals surface area contributed by atoms with Crippen molar-refractivity contribution in [2.75, 3.05) is 6.54 Å². The van der Waals surface area contributed by atoms with E-state index in [1.54, 1.807) is 4.90 Å². The average Bonchev–Trinajstić information content (AvgIpc) is 2.94. The second-order valence-corrected chi connectivity index (χ2v) is 8.34. The first-order valence-corrected chi connectivity index (χ1v) is 8.50. The summed E-state index contributed by atoms with van der Waals surface area (Å²) in [5, 5.41) is 21.1. The van der Waals surface area contributed by atoms with Gasteiger partial charge in [0, 0.05) is 17.5 Å². The summed E-state index contributed by atoms with van der Waals surface area (Å²) < 4.78 is 0.923. The summed E-state index contributed by atoms with van der Waals surface area (Å²) in [6, 6.07) is 7.50. The van der Waals surface area contributed by atoms with Crippen LogP contribution in [0.15, 0.2) is 24.3 Å². The van der Waals surface area contributed by atoms with Gasteiger partial charge < -0.3 is 15.1 Å². The number of thiazole rings is 1. The van der Waals surface area contributed by atoms with Gasteiger partial charge in [0.15, 0.2) is 6.10 Å². The fourth-order valence-corrected chi connectivity index (χ4v) is 3.84. The quantitative estimate of drug-likeness (QED) is 0.903. The van der Waals surface area contributed by atoms with Crippen LogP contribution in [0.4, 0.5) is 0 Å². The van der Waals surface area contributed by atoms with Crippen LogP contribution < -0.4 is 0 Å². The minimum absolute atomic E-state index is 0.0107. The molecule has 1 saturated heterocycles. The number of hydrogen-bond donors (Lipinski definition) is 2. The van der Waals surface area contributed by atoms with Crippen LogP contribution in [0.3, 0.4) is 0 Å². The number of nitrogens with zero attached hydrogens (tertiary/aromatic N) is 2. The first kappa shape index (κ1) is 16.4. The Kier molecular flexibility index (Phi) is 3.74. The smallest absolute Gasteiger partial charge is 0.255 e. The van der Waals surface area contributed by atoms with E-state index in [2.05, 4.69) is 18.8 Å². The van der Waals surface area contributed by atoms with Crippen molar-refractivity contribution >= 4 is 27.5 Å². The maximum atomic E-state index is 12.6. The Labute approximate surface area is 139 Å². The van der Waals surface area contributed by atoms with E-state index in [1.165, 1.54) is 11.3 Å². The van der Waals surface area contributed by atoms with Gasteiger partial charge in [-0.15, -0.1) is 11.3 Å². The van der Waals surface area contributed by atoms with Crippen LogP contribution in [0.5, 0.6) is 0 Å². The second-order valence-electron chi connectivity index (χ2n) is 7.28. The maximum absolute atomic E-state index is 12.6.